The van der Waals surface area contributed by atoms with Gasteiger partial charge in [-0.2, -0.15) is 5.26 Å². The monoisotopic (exact) mass is 172 g/mol. The van der Waals surface area contributed by atoms with Gasteiger partial charge in [0.25, 0.3) is 0 Å². The van der Waals surface area contributed by atoms with Gasteiger partial charge in [-0.1, -0.05) is 0 Å². The molecule has 0 aliphatic heterocycles. The van der Waals surface area contributed by atoms with Crippen LogP contribution in [0.5, 0.6) is 0 Å². The van der Waals surface area contributed by atoms with Gasteiger partial charge in [0.1, 0.15) is 11.8 Å². The number of aldehydes is 1. The van der Waals surface area contributed by atoms with Crippen molar-refractivity contribution in [3.05, 3.63) is 29.8 Å². The van der Waals surface area contributed by atoms with Gasteiger partial charge in [0, 0.05) is 12.4 Å². The summed E-state index contributed by atoms with van der Waals surface area (Å²) in [5.41, 5.74) is 0.741. The molecule has 2 heterocycles. The Hall–Kier alpha value is -2.22. The molecule has 5 nitrogen and oxygen atoms in total. The zero-order chi connectivity index (χ0) is 9.26. The van der Waals surface area contributed by atoms with Crippen LogP contribution in [-0.4, -0.2) is 20.7 Å². The van der Waals surface area contributed by atoms with Crippen molar-refractivity contribution < 1.29 is 4.79 Å². The Labute approximate surface area is 73.3 Å². The highest BCUT2D eigenvalue weighted by Crippen LogP contribution is 2.02. The lowest BCUT2D eigenvalue weighted by atomic mass is 10.4. The number of aromatic nitrogens is 3. The van der Waals surface area contributed by atoms with E-state index in [9.17, 15) is 4.79 Å². The molecule has 0 spiro atoms. The number of imidazole rings is 1. The van der Waals surface area contributed by atoms with Crippen molar-refractivity contribution in [2.75, 3.05) is 0 Å². The first-order chi connectivity index (χ1) is 6.33. The molecular weight excluding hydrogens is 168 g/mol. The molecule has 13 heavy (non-hydrogen) atoms. The second kappa shape index (κ2) is 2.68. The van der Waals surface area contributed by atoms with E-state index in [-0.39, 0.29) is 0 Å². The predicted molar refractivity (Wildman–Crippen MR) is 43.1 cm³/mol. The SMILES string of the molecule is N#Cc1cnc2nc(C=O)cn2c1. The fraction of sp³-hybridized carbons (Fsp3) is 0. The highest BCUT2D eigenvalue weighted by atomic mass is 16.1. The standard InChI is InChI=1S/C8H4N4O/c9-1-6-2-10-8-11-7(5-13)4-12(8)3-6/h2-5H. The minimum Gasteiger partial charge on any atom is -0.296 e. The Morgan fingerprint density at radius 1 is 1.54 bits per heavy atom. The topological polar surface area (TPSA) is 71.0 Å². The Morgan fingerprint density at radius 3 is 3.08 bits per heavy atom. The summed E-state index contributed by atoms with van der Waals surface area (Å²) in [4.78, 5) is 18.1. The van der Waals surface area contributed by atoms with Gasteiger partial charge in [-0.3, -0.25) is 9.20 Å². The van der Waals surface area contributed by atoms with Gasteiger partial charge in [-0.05, 0) is 0 Å². The van der Waals surface area contributed by atoms with Crippen LogP contribution < -0.4 is 0 Å². The molecule has 5 heteroatoms. The van der Waals surface area contributed by atoms with E-state index < -0.39 is 0 Å². The van der Waals surface area contributed by atoms with E-state index in [1.165, 1.54) is 12.4 Å². The molecule has 0 atom stereocenters. The van der Waals surface area contributed by atoms with Crippen LogP contribution in [0.25, 0.3) is 5.78 Å². The molecule has 2 aromatic heterocycles. The van der Waals surface area contributed by atoms with Crippen LogP contribution in [0, 0.1) is 11.3 Å². The number of hydrogen-bond acceptors (Lipinski definition) is 4. The minimum atomic E-state index is 0.308. The third-order valence-corrected chi connectivity index (χ3v) is 1.58. The first-order valence-corrected chi connectivity index (χ1v) is 3.53. The molecule has 0 saturated heterocycles. The molecule has 0 bridgehead atoms. The highest BCUT2D eigenvalue weighted by molar-refractivity contribution is 5.72. The lowest BCUT2D eigenvalue weighted by Crippen LogP contribution is -1.88. The molecule has 0 fully saturated rings. The smallest absolute Gasteiger partial charge is 0.234 e. The molecule has 62 valence electrons. The molecule has 2 aromatic rings. The minimum absolute atomic E-state index is 0.308. The Kier molecular flexibility index (Phi) is 1.53. The average molecular weight is 172 g/mol. The molecule has 0 unspecified atom stereocenters. The van der Waals surface area contributed by atoms with E-state index in [0.717, 1.165) is 0 Å². The molecule has 0 aliphatic rings. The van der Waals surface area contributed by atoms with Crippen LogP contribution in [0.15, 0.2) is 18.6 Å². The fourth-order valence-electron chi connectivity index (χ4n) is 1.02. The lowest BCUT2D eigenvalue weighted by molar-refractivity contribution is 0.111. The number of carbonyl (C=O) groups excluding carboxylic acids is 1. The van der Waals surface area contributed by atoms with Gasteiger partial charge < -0.3 is 0 Å². The van der Waals surface area contributed by atoms with Gasteiger partial charge >= 0.3 is 0 Å². The summed E-state index contributed by atoms with van der Waals surface area (Å²) in [7, 11) is 0. The van der Waals surface area contributed by atoms with Crippen LogP contribution in [0.1, 0.15) is 16.1 Å². The van der Waals surface area contributed by atoms with Crippen LogP contribution in [-0.2, 0) is 0 Å². The number of fused-ring (bicyclic) bond motifs is 1. The van der Waals surface area contributed by atoms with E-state index >= 15 is 0 Å². The molecule has 0 amide bonds. The largest absolute Gasteiger partial charge is 0.296 e. The van der Waals surface area contributed by atoms with Crippen LogP contribution in [0.4, 0.5) is 0 Å². The van der Waals surface area contributed by atoms with Gasteiger partial charge in [0.2, 0.25) is 5.78 Å². The predicted octanol–water partition coefficient (Wildman–Crippen LogP) is 0.413. The quantitative estimate of drug-likeness (QED) is 0.584. The number of nitrogens with zero attached hydrogens (tertiary/aromatic N) is 4. The van der Waals surface area contributed by atoms with Gasteiger partial charge in [-0.25, -0.2) is 9.97 Å². The van der Waals surface area contributed by atoms with E-state index in [0.29, 0.717) is 23.3 Å². The molecule has 0 radical (unpaired) electrons. The maximum atomic E-state index is 10.4. The zero-order valence-electron chi connectivity index (χ0n) is 6.51. The van der Waals surface area contributed by atoms with Crippen LogP contribution >= 0.6 is 0 Å². The van der Waals surface area contributed by atoms with E-state index in [2.05, 4.69) is 9.97 Å². The van der Waals surface area contributed by atoms with Crippen molar-refractivity contribution in [1.82, 2.24) is 14.4 Å². The maximum Gasteiger partial charge on any atom is 0.234 e. The lowest BCUT2D eigenvalue weighted by Gasteiger charge is -1.90. The summed E-state index contributed by atoms with van der Waals surface area (Å²) >= 11 is 0. The Morgan fingerprint density at radius 2 is 2.38 bits per heavy atom. The second-order valence-electron chi connectivity index (χ2n) is 2.45. The number of nitriles is 1. The molecule has 0 saturated carbocycles. The Balaban J connectivity index is 2.72. The summed E-state index contributed by atoms with van der Waals surface area (Å²) in [6, 6.07) is 1.95. The highest BCUT2D eigenvalue weighted by Gasteiger charge is 2.01. The maximum absolute atomic E-state index is 10.4. The van der Waals surface area contributed by atoms with Crippen molar-refractivity contribution >= 4 is 12.1 Å². The molecular formula is C8H4N4O. The molecule has 0 aromatic carbocycles. The summed E-state index contributed by atoms with van der Waals surface area (Å²) in [6.45, 7) is 0. The summed E-state index contributed by atoms with van der Waals surface area (Å²) < 4.78 is 1.54. The molecule has 0 aliphatic carbocycles. The molecule has 2 rings (SSSR count). The van der Waals surface area contributed by atoms with Gasteiger partial charge in [0.05, 0.1) is 11.8 Å². The van der Waals surface area contributed by atoms with Crippen LogP contribution in [0.2, 0.25) is 0 Å². The summed E-state index contributed by atoms with van der Waals surface area (Å²) in [5.74, 6) is 0.418. The van der Waals surface area contributed by atoms with Gasteiger partial charge in [0.15, 0.2) is 6.29 Å². The molecule has 0 N–H and O–H groups in total. The third-order valence-electron chi connectivity index (χ3n) is 1.58. The van der Waals surface area contributed by atoms with Crippen LogP contribution in [0.3, 0.4) is 0 Å². The zero-order valence-corrected chi connectivity index (χ0v) is 6.51. The number of carbonyl (C=O) groups is 1. The van der Waals surface area contributed by atoms with E-state index in [1.54, 1.807) is 10.6 Å². The van der Waals surface area contributed by atoms with E-state index in [4.69, 9.17) is 5.26 Å². The van der Waals surface area contributed by atoms with Crippen molar-refractivity contribution in [2.45, 2.75) is 0 Å². The normalized spacial score (nSPS) is 9.77. The second-order valence-corrected chi connectivity index (χ2v) is 2.45. The van der Waals surface area contributed by atoms with E-state index in [1.807, 2.05) is 6.07 Å². The first-order valence-electron chi connectivity index (χ1n) is 3.53. The average Bonchev–Trinajstić information content (AvgIpc) is 2.58. The summed E-state index contributed by atoms with van der Waals surface area (Å²) in [6.07, 6.45) is 5.15. The van der Waals surface area contributed by atoms with Crippen molar-refractivity contribution in [3.63, 3.8) is 0 Å². The van der Waals surface area contributed by atoms with Gasteiger partial charge in [-0.15, -0.1) is 0 Å². The third kappa shape index (κ3) is 1.14. The number of hydrogen-bond donors (Lipinski definition) is 0. The Bertz CT molecular complexity index is 508. The van der Waals surface area contributed by atoms with Crippen molar-refractivity contribution in [1.29, 1.82) is 5.26 Å². The number of rotatable bonds is 1. The van der Waals surface area contributed by atoms with Crippen molar-refractivity contribution in [2.24, 2.45) is 0 Å². The summed E-state index contributed by atoms with van der Waals surface area (Å²) in [5, 5.41) is 8.57. The fourth-order valence-corrected chi connectivity index (χ4v) is 1.02. The van der Waals surface area contributed by atoms with Crippen molar-refractivity contribution in [3.8, 4) is 6.07 Å². The first kappa shape index (κ1) is 7.43.